The molecule has 0 bridgehead atoms. The molecule has 0 fully saturated rings. The molecule has 0 saturated carbocycles. The first-order valence-electron chi connectivity index (χ1n) is 12.6. The van der Waals surface area contributed by atoms with Crippen molar-refractivity contribution in [3.63, 3.8) is 0 Å². The van der Waals surface area contributed by atoms with Gasteiger partial charge in [-0.05, 0) is 54.6 Å². The van der Waals surface area contributed by atoms with Crippen molar-refractivity contribution in [3.05, 3.63) is 111 Å². The zero-order chi connectivity index (χ0) is 28.0. The second-order valence-corrected chi connectivity index (χ2v) is 10.6. The molecule has 9 nitrogen and oxygen atoms in total. The highest BCUT2D eigenvalue weighted by Gasteiger charge is 2.19. The van der Waals surface area contributed by atoms with Gasteiger partial charge in [-0.3, -0.25) is 14.8 Å². The lowest BCUT2D eigenvalue weighted by Gasteiger charge is -2.19. The van der Waals surface area contributed by atoms with Crippen LogP contribution >= 0.6 is 11.3 Å². The third-order valence-corrected chi connectivity index (χ3v) is 7.79. The Labute approximate surface area is 233 Å². The average molecular weight is 547 g/mol. The number of nitrogens with zero attached hydrogens (tertiary/aromatic N) is 4. The second kappa shape index (κ2) is 9.90. The average Bonchev–Trinajstić information content (AvgIpc) is 3.31. The maximum atomic E-state index is 13.9. The van der Waals surface area contributed by atoms with E-state index in [1.807, 2.05) is 80.6 Å². The third-order valence-electron chi connectivity index (χ3n) is 6.94. The molecule has 40 heavy (non-hydrogen) atoms. The van der Waals surface area contributed by atoms with Crippen molar-refractivity contribution in [1.82, 2.24) is 19.5 Å². The van der Waals surface area contributed by atoms with Crippen LogP contribution in [0.15, 0.2) is 77.9 Å². The molecule has 10 heteroatoms. The quantitative estimate of drug-likeness (QED) is 0.210. The molecule has 6 aromatic rings. The van der Waals surface area contributed by atoms with Crippen LogP contribution in [-0.2, 0) is 6.54 Å². The Balaban J connectivity index is 1.43. The maximum absolute atomic E-state index is 13.9. The van der Waals surface area contributed by atoms with Crippen molar-refractivity contribution in [3.8, 4) is 5.69 Å². The van der Waals surface area contributed by atoms with Gasteiger partial charge < -0.3 is 16.8 Å². The maximum Gasteiger partial charge on any atom is 0.263 e. The van der Waals surface area contributed by atoms with Gasteiger partial charge in [0, 0.05) is 11.3 Å². The Hall–Kier alpha value is -5.09. The van der Waals surface area contributed by atoms with Crippen molar-refractivity contribution in [2.75, 3.05) is 16.8 Å². The number of aromatic nitrogens is 4. The Morgan fingerprint density at radius 2 is 1.80 bits per heavy atom. The lowest BCUT2D eigenvalue weighted by molar-refractivity contribution is 0.883. The Morgan fingerprint density at radius 1 is 1.00 bits per heavy atom. The molecule has 3 heterocycles. The second-order valence-electron chi connectivity index (χ2n) is 9.55. The summed E-state index contributed by atoms with van der Waals surface area (Å²) >= 11 is 1.36. The summed E-state index contributed by atoms with van der Waals surface area (Å²) in [6, 6.07) is 21.2. The van der Waals surface area contributed by atoms with Gasteiger partial charge in [-0.1, -0.05) is 53.8 Å². The predicted molar refractivity (Wildman–Crippen MR) is 163 cm³/mol. The van der Waals surface area contributed by atoms with Crippen LogP contribution in [-0.4, -0.2) is 25.2 Å². The molecule has 198 valence electrons. The molecule has 6 rings (SSSR count). The number of para-hydroxylation sites is 1. The third kappa shape index (κ3) is 4.34. The fraction of sp³-hybridized carbons (Fsp3) is 0.100. The van der Waals surface area contributed by atoms with Crippen molar-refractivity contribution >= 4 is 54.8 Å². The van der Waals surface area contributed by atoms with E-state index in [1.165, 1.54) is 17.7 Å². The molecular formula is C30H26N8OS. The summed E-state index contributed by atoms with van der Waals surface area (Å²) in [5.41, 5.74) is 17.5. The minimum atomic E-state index is -0.0889. The lowest BCUT2D eigenvalue weighted by Crippen LogP contribution is -2.25. The molecule has 6 N–H and O–H groups in total. The van der Waals surface area contributed by atoms with Crippen molar-refractivity contribution < 1.29 is 0 Å². The monoisotopic (exact) mass is 546 g/mol. The SMILES string of the molecule is Cc1ccccc1-n1c(CNc2ncnc(N)c2C(=N)c2ccc3nc(N)sc3c2)cc2cccc(C)c2c1=O. The van der Waals surface area contributed by atoms with E-state index in [9.17, 15) is 4.79 Å². The first-order valence-corrected chi connectivity index (χ1v) is 13.4. The van der Waals surface area contributed by atoms with E-state index >= 15 is 0 Å². The summed E-state index contributed by atoms with van der Waals surface area (Å²) in [5.74, 6) is 0.575. The zero-order valence-electron chi connectivity index (χ0n) is 21.9. The first-order chi connectivity index (χ1) is 19.3. The van der Waals surface area contributed by atoms with Crippen LogP contribution in [0, 0.1) is 19.3 Å². The molecule has 3 aromatic heterocycles. The molecule has 0 amide bonds. The van der Waals surface area contributed by atoms with Gasteiger partial charge in [0.2, 0.25) is 0 Å². The smallest absolute Gasteiger partial charge is 0.263 e. The highest BCUT2D eigenvalue weighted by atomic mass is 32.1. The van der Waals surface area contributed by atoms with Crippen LogP contribution in [0.4, 0.5) is 16.8 Å². The number of rotatable bonds is 6. The number of pyridine rings is 1. The van der Waals surface area contributed by atoms with Crippen LogP contribution in [0.3, 0.4) is 0 Å². The number of aryl methyl sites for hydroxylation is 2. The number of fused-ring (bicyclic) bond motifs is 2. The minimum Gasteiger partial charge on any atom is -0.383 e. The summed E-state index contributed by atoms with van der Waals surface area (Å²) in [6.45, 7) is 4.19. The Bertz CT molecular complexity index is 2010. The van der Waals surface area contributed by atoms with Crippen LogP contribution in [0.5, 0.6) is 0 Å². The summed E-state index contributed by atoms with van der Waals surface area (Å²) in [5, 5.41) is 14.3. The summed E-state index contributed by atoms with van der Waals surface area (Å²) in [4.78, 5) is 26.8. The molecule has 0 aliphatic rings. The first kappa shape index (κ1) is 25.2. The van der Waals surface area contributed by atoms with Gasteiger partial charge in [-0.25, -0.2) is 15.0 Å². The number of hydrogen-bond acceptors (Lipinski definition) is 9. The van der Waals surface area contributed by atoms with Gasteiger partial charge in [0.05, 0.1) is 39.1 Å². The molecule has 0 radical (unpaired) electrons. The van der Waals surface area contributed by atoms with E-state index in [2.05, 4.69) is 20.3 Å². The van der Waals surface area contributed by atoms with E-state index in [1.54, 1.807) is 4.57 Å². The van der Waals surface area contributed by atoms with E-state index in [0.717, 1.165) is 38.1 Å². The van der Waals surface area contributed by atoms with Crippen LogP contribution < -0.4 is 22.3 Å². The van der Waals surface area contributed by atoms with Gasteiger partial charge in [0.1, 0.15) is 18.0 Å². The number of nitrogen functional groups attached to an aromatic ring is 2. The molecule has 0 saturated heterocycles. The fourth-order valence-electron chi connectivity index (χ4n) is 4.99. The van der Waals surface area contributed by atoms with Crippen LogP contribution in [0.2, 0.25) is 0 Å². The lowest BCUT2D eigenvalue weighted by atomic mass is 10.0. The van der Waals surface area contributed by atoms with Gasteiger partial charge >= 0.3 is 0 Å². The number of anilines is 3. The van der Waals surface area contributed by atoms with Gasteiger partial charge in [0.25, 0.3) is 5.56 Å². The summed E-state index contributed by atoms with van der Waals surface area (Å²) < 4.78 is 2.62. The van der Waals surface area contributed by atoms with Crippen molar-refractivity contribution in [2.24, 2.45) is 0 Å². The fourth-order valence-corrected chi connectivity index (χ4v) is 5.77. The number of nitrogens with two attached hydrogens (primary N) is 2. The number of benzene rings is 3. The van der Waals surface area contributed by atoms with Crippen LogP contribution in [0.1, 0.15) is 27.9 Å². The standard InChI is InChI=1S/C30H26N8OS/c1-16-6-3-4-9-22(16)38-20(12-18-8-5-7-17(2)24(18)29(38)39)14-34-28-25(27(32)35-15-36-28)26(31)19-10-11-21-23(13-19)40-30(33)37-21/h3-13,15,31H,14H2,1-2H3,(H2,33,37)(H3,32,34,35,36). The van der Waals surface area contributed by atoms with Crippen LogP contribution in [0.25, 0.3) is 26.7 Å². The van der Waals surface area contributed by atoms with Gasteiger partial charge in [0.15, 0.2) is 5.13 Å². The van der Waals surface area contributed by atoms with Crippen molar-refractivity contribution in [2.45, 2.75) is 20.4 Å². The van der Waals surface area contributed by atoms with E-state index < -0.39 is 0 Å². The van der Waals surface area contributed by atoms with Gasteiger partial charge in [-0.2, -0.15) is 0 Å². The molecular weight excluding hydrogens is 520 g/mol. The molecule has 0 unspecified atom stereocenters. The molecule has 0 spiro atoms. The number of thiazole rings is 1. The highest BCUT2D eigenvalue weighted by Crippen LogP contribution is 2.28. The zero-order valence-corrected chi connectivity index (χ0v) is 22.7. The van der Waals surface area contributed by atoms with E-state index in [4.69, 9.17) is 16.9 Å². The van der Waals surface area contributed by atoms with Crippen molar-refractivity contribution in [1.29, 1.82) is 5.41 Å². The Kier molecular flexibility index (Phi) is 6.24. The van der Waals surface area contributed by atoms with Gasteiger partial charge in [-0.15, -0.1) is 0 Å². The normalized spacial score (nSPS) is 11.2. The number of hydrogen-bond donors (Lipinski definition) is 4. The predicted octanol–water partition coefficient (Wildman–Crippen LogP) is 5.20. The minimum absolute atomic E-state index is 0.0889. The molecule has 3 aromatic carbocycles. The topological polar surface area (TPSA) is 149 Å². The highest BCUT2D eigenvalue weighted by molar-refractivity contribution is 7.22. The molecule has 0 aliphatic carbocycles. The molecule has 0 aliphatic heterocycles. The summed E-state index contributed by atoms with van der Waals surface area (Å²) in [6.07, 6.45) is 1.36. The Morgan fingerprint density at radius 3 is 2.62 bits per heavy atom. The number of nitrogens with one attached hydrogen (secondary N) is 2. The molecule has 0 atom stereocenters. The summed E-state index contributed by atoms with van der Waals surface area (Å²) in [7, 11) is 0. The van der Waals surface area contributed by atoms with E-state index in [-0.39, 0.29) is 23.6 Å². The largest absolute Gasteiger partial charge is 0.383 e. The van der Waals surface area contributed by atoms with E-state index in [0.29, 0.717) is 27.5 Å².